The molecular formula is C12H20NO4-. The summed E-state index contributed by atoms with van der Waals surface area (Å²) in [5, 5.41) is 11.1. The van der Waals surface area contributed by atoms with Crippen molar-refractivity contribution in [3.05, 3.63) is 0 Å². The molecule has 17 heavy (non-hydrogen) atoms. The van der Waals surface area contributed by atoms with E-state index in [9.17, 15) is 14.7 Å². The molecule has 0 N–H and O–H groups in total. The van der Waals surface area contributed by atoms with Gasteiger partial charge in [-0.25, -0.2) is 4.79 Å². The number of likely N-dealkylation sites (tertiary alicyclic amines) is 1. The van der Waals surface area contributed by atoms with Gasteiger partial charge in [-0.1, -0.05) is 13.8 Å². The Morgan fingerprint density at radius 2 is 1.88 bits per heavy atom. The third kappa shape index (κ3) is 3.11. The van der Waals surface area contributed by atoms with E-state index in [1.807, 2.05) is 13.8 Å². The van der Waals surface area contributed by atoms with E-state index in [4.69, 9.17) is 4.74 Å². The van der Waals surface area contributed by atoms with Gasteiger partial charge in [-0.3, -0.25) is 4.90 Å². The molecule has 0 bridgehead atoms. The van der Waals surface area contributed by atoms with E-state index in [1.165, 1.54) is 4.90 Å². The second-order valence-corrected chi connectivity index (χ2v) is 6.13. The Kier molecular flexibility index (Phi) is 3.41. The monoisotopic (exact) mass is 242 g/mol. The van der Waals surface area contributed by atoms with Crippen LogP contribution in [0.5, 0.6) is 0 Å². The van der Waals surface area contributed by atoms with Crippen molar-refractivity contribution in [1.29, 1.82) is 0 Å². The molecule has 0 aromatic carbocycles. The summed E-state index contributed by atoms with van der Waals surface area (Å²) < 4.78 is 5.19. The highest BCUT2D eigenvalue weighted by Gasteiger charge is 2.44. The summed E-state index contributed by atoms with van der Waals surface area (Å²) in [6.45, 7) is 9.27. The van der Waals surface area contributed by atoms with Crippen molar-refractivity contribution in [2.45, 2.75) is 52.7 Å². The number of carbonyl (C=O) groups is 2. The van der Waals surface area contributed by atoms with E-state index in [0.717, 1.165) is 0 Å². The van der Waals surface area contributed by atoms with Crippen LogP contribution >= 0.6 is 0 Å². The number of aliphatic carboxylic acids is 1. The summed E-state index contributed by atoms with van der Waals surface area (Å²) in [7, 11) is 0. The van der Waals surface area contributed by atoms with Gasteiger partial charge in [0, 0.05) is 6.54 Å². The lowest BCUT2D eigenvalue weighted by Gasteiger charge is -2.34. The molecule has 5 heteroatoms. The van der Waals surface area contributed by atoms with Crippen LogP contribution in [0.15, 0.2) is 0 Å². The molecular weight excluding hydrogens is 222 g/mol. The van der Waals surface area contributed by atoms with Crippen molar-refractivity contribution < 1.29 is 19.4 Å². The van der Waals surface area contributed by atoms with Crippen LogP contribution in [0, 0.1) is 5.41 Å². The van der Waals surface area contributed by atoms with Crippen LogP contribution in [0.4, 0.5) is 4.79 Å². The number of rotatable bonds is 1. The van der Waals surface area contributed by atoms with Gasteiger partial charge in [0.2, 0.25) is 0 Å². The van der Waals surface area contributed by atoms with Crippen LogP contribution in [-0.4, -0.2) is 35.2 Å². The van der Waals surface area contributed by atoms with Crippen molar-refractivity contribution in [3.63, 3.8) is 0 Å². The summed E-state index contributed by atoms with van der Waals surface area (Å²) in [4.78, 5) is 24.3. The first kappa shape index (κ1) is 13.8. The third-order valence-corrected chi connectivity index (χ3v) is 2.90. The molecule has 1 aliphatic rings. The average Bonchev–Trinajstić information content (AvgIpc) is 2.37. The predicted molar refractivity (Wildman–Crippen MR) is 60.1 cm³/mol. The normalized spacial score (nSPS) is 23.6. The van der Waals surface area contributed by atoms with Gasteiger partial charge in [-0.15, -0.1) is 0 Å². The minimum atomic E-state index is -1.22. The number of ether oxygens (including phenoxy) is 1. The molecule has 1 fully saturated rings. The first-order valence-corrected chi connectivity index (χ1v) is 5.75. The Hall–Kier alpha value is -1.26. The maximum absolute atomic E-state index is 11.9. The summed E-state index contributed by atoms with van der Waals surface area (Å²) in [6, 6.07) is -0.919. The van der Waals surface area contributed by atoms with E-state index in [1.54, 1.807) is 20.8 Å². The van der Waals surface area contributed by atoms with Crippen LogP contribution in [0.1, 0.15) is 41.0 Å². The molecule has 0 aliphatic carbocycles. The minimum Gasteiger partial charge on any atom is -0.548 e. The summed E-state index contributed by atoms with van der Waals surface area (Å²) in [5.41, 5.74) is -1.10. The molecule has 0 spiro atoms. The number of nitrogens with zero attached hydrogens (tertiary/aromatic N) is 1. The zero-order chi connectivity index (χ0) is 13.4. The lowest BCUT2D eigenvalue weighted by Crippen LogP contribution is -2.53. The average molecular weight is 242 g/mol. The fraction of sp³-hybridized carbons (Fsp3) is 0.833. The molecule has 5 nitrogen and oxygen atoms in total. The maximum Gasteiger partial charge on any atom is 0.410 e. The van der Waals surface area contributed by atoms with Crippen LogP contribution in [-0.2, 0) is 9.53 Å². The molecule has 0 saturated carbocycles. The molecule has 1 saturated heterocycles. The fourth-order valence-electron chi connectivity index (χ4n) is 2.06. The minimum absolute atomic E-state index is 0.389. The number of hydrogen-bond donors (Lipinski definition) is 0. The summed E-state index contributed by atoms with van der Waals surface area (Å²) >= 11 is 0. The maximum atomic E-state index is 11.9. The molecule has 0 aromatic heterocycles. The van der Waals surface area contributed by atoms with Gasteiger partial charge in [-0.05, 0) is 32.6 Å². The van der Waals surface area contributed by atoms with Crippen LogP contribution < -0.4 is 5.11 Å². The smallest absolute Gasteiger partial charge is 0.410 e. The van der Waals surface area contributed by atoms with Gasteiger partial charge in [-0.2, -0.15) is 0 Å². The highest BCUT2D eigenvalue weighted by molar-refractivity contribution is 5.80. The molecule has 1 atom stereocenters. The predicted octanol–water partition coefficient (Wildman–Crippen LogP) is 0.772. The van der Waals surface area contributed by atoms with Crippen molar-refractivity contribution in [3.8, 4) is 0 Å². The molecule has 1 rings (SSSR count). The Morgan fingerprint density at radius 1 is 1.35 bits per heavy atom. The number of hydrogen-bond acceptors (Lipinski definition) is 4. The van der Waals surface area contributed by atoms with Crippen LogP contribution in [0.3, 0.4) is 0 Å². The van der Waals surface area contributed by atoms with E-state index < -0.39 is 29.1 Å². The topological polar surface area (TPSA) is 69.7 Å². The molecule has 1 aliphatic heterocycles. The number of carbonyl (C=O) groups excluding carboxylic acids is 2. The van der Waals surface area contributed by atoms with Gasteiger partial charge in [0.05, 0.1) is 12.0 Å². The van der Waals surface area contributed by atoms with Gasteiger partial charge in [0.25, 0.3) is 0 Å². The Bertz CT molecular complexity index is 330. The van der Waals surface area contributed by atoms with Gasteiger partial charge in [0.15, 0.2) is 0 Å². The zero-order valence-corrected chi connectivity index (χ0v) is 11.1. The van der Waals surface area contributed by atoms with E-state index in [0.29, 0.717) is 13.0 Å². The Balaban J connectivity index is 2.85. The molecule has 98 valence electrons. The van der Waals surface area contributed by atoms with E-state index in [2.05, 4.69) is 0 Å². The largest absolute Gasteiger partial charge is 0.548 e. The number of amides is 1. The SMILES string of the molecule is CC(C)(C)OC(=O)N1CCC(C)(C)[C@H]1C(=O)[O-]. The first-order valence-electron chi connectivity index (χ1n) is 5.75. The zero-order valence-electron chi connectivity index (χ0n) is 11.1. The molecule has 1 amide bonds. The van der Waals surface area contributed by atoms with Crippen LogP contribution in [0.2, 0.25) is 0 Å². The lowest BCUT2D eigenvalue weighted by molar-refractivity contribution is -0.313. The van der Waals surface area contributed by atoms with Crippen molar-refractivity contribution >= 4 is 12.1 Å². The van der Waals surface area contributed by atoms with Gasteiger partial charge in [0.1, 0.15) is 5.60 Å². The second-order valence-electron chi connectivity index (χ2n) is 6.13. The Morgan fingerprint density at radius 3 is 2.29 bits per heavy atom. The third-order valence-electron chi connectivity index (χ3n) is 2.90. The van der Waals surface area contributed by atoms with Crippen molar-refractivity contribution in [2.24, 2.45) is 5.41 Å². The quantitative estimate of drug-likeness (QED) is 0.681. The number of carboxylic acid groups (broad SMARTS) is 1. The van der Waals surface area contributed by atoms with E-state index >= 15 is 0 Å². The van der Waals surface area contributed by atoms with Crippen LogP contribution in [0.25, 0.3) is 0 Å². The lowest BCUT2D eigenvalue weighted by atomic mass is 9.85. The van der Waals surface area contributed by atoms with Crippen molar-refractivity contribution in [2.75, 3.05) is 6.54 Å². The molecule has 0 radical (unpaired) electrons. The molecule has 1 heterocycles. The Labute approximate surface area is 102 Å². The van der Waals surface area contributed by atoms with Gasteiger partial charge >= 0.3 is 6.09 Å². The van der Waals surface area contributed by atoms with E-state index in [-0.39, 0.29) is 0 Å². The highest BCUT2D eigenvalue weighted by Crippen LogP contribution is 2.36. The highest BCUT2D eigenvalue weighted by atomic mass is 16.6. The fourth-order valence-corrected chi connectivity index (χ4v) is 2.06. The summed E-state index contributed by atoms with van der Waals surface area (Å²) in [6.07, 6.45) is 0.0440. The molecule has 0 unspecified atom stereocenters. The first-order chi connectivity index (χ1) is 7.54. The second kappa shape index (κ2) is 4.20. The standard InChI is InChI=1S/C12H21NO4/c1-11(2,3)17-10(16)13-7-6-12(4,5)8(13)9(14)15/h8H,6-7H2,1-5H3,(H,14,15)/p-1/t8-/m1/s1. The number of carboxylic acids is 1. The van der Waals surface area contributed by atoms with Crippen molar-refractivity contribution in [1.82, 2.24) is 4.90 Å². The summed E-state index contributed by atoms with van der Waals surface area (Å²) in [5.74, 6) is -1.22. The molecule has 0 aromatic rings. The van der Waals surface area contributed by atoms with Gasteiger partial charge < -0.3 is 14.6 Å².